The van der Waals surface area contributed by atoms with Crippen molar-refractivity contribution >= 4 is 35.2 Å². The zero-order valence-corrected chi connectivity index (χ0v) is 35.8. The third kappa shape index (κ3) is 15.9. The molecule has 0 spiro atoms. The van der Waals surface area contributed by atoms with E-state index >= 15 is 0 Å². The van der Waals surface area contributed by atoms with E-state index in [-0.39, 0.29) is 31.0 Å². The first-order chi connectivity index (χ1) is 22.6. The summed E-state index contributed by atoms with van der Waals surface area (Å²) in [6, 6.07) is 0. The van der Waals surface area contributed by atoms with Gasteiger partial charge in [0.1, 0.15) is 0 Å². The van der Waals surface area contributed by atoms with Crippen molar-refractivity contribution in [2.75, 3.05) is 0 Å². The molecule has 0 aromatic rings. The van der Waals surface area contributed by atoms with E-state index in [1.807, 2.05) is 19.9 Å². The molecule has 0 saturated heterocycles. The maximum absolute atomic E-state index is 4.85. The molecule has 0 amide bonds. The van der Waals surface area contributed by atoms with E-state index in [9.17, 15) is 0 Å². The van der Waals surface area contributed by atoms with Gasteiger partial charge in [0.2, 0.25) is 0 Å². The molecule has 0 radical (unpaired) electrons. The molecule has 6 saturated carbocycles. The minimum atomic E-state index is -0.346. The monoisotopic (exact) mass is 803 g/mol. The summed E-state index contributed by atoms with van der Waals surface area (Å²) in [5.74, 6) is 0. The van der Waals surface area contributed by atoms with Gasteiger partial charge in [0, 0.05) is 15.8 Å². The molecule has 0 unspecified atom stereocenters. The molecule has 46 heavy (non-hydrogen) atoms. The van der Waals surface area contributed by atoms with Gasteiger partial charge in [0.05, 0.1) is 34.0 Å². The summed E-state index contributed by atoms with van der Waals surface area (Å²) in [4.78, 5) is 0. The summed E-state index contributed by atoms with van der Waals surface area (Å²) in [5, 5.41) is 0. The van der Waals surface area contributed by atoms with Gasteiger partial charge in [0.25, 0.3) is 0 Å². The van der Waals surface area contributed by atoms with Crippen LogP contribution in [0.25, 0.3) is 0 Å². The topological polar surface area (TPSA) is 0 Å². The molecule has 0 heterocycles. The first kappa shape index (κ1) is 42.1. The SMILES string of the molecule is C1CCC([PH+](C2CCCCC2)C2CCCCC2)CC1.C1CCC([PH+](C2CCCCC2)C2CCCCC2)CC1.[CH2-]C=C(C)C.[Cl][Ru][Cl]. The maximum atomic E-state index is 4.85. The van der Waals surface area contributed by atoms with E-state index in [4.69, 9.17) is 19.4 Å². The second-order valence-corrected chi connectivity index (χ2v) is 25.9. The third-order valence-electron chi connectivity index (χ3n) is 12.9. The van der Waals surface area contributed by atoms with E-state index in [1.54, 1.807) is 193 Å². The Morgan fingerprint density at radius 2 is 0.543 bits per heavy atom. The molecule has 6 aliphatic rings. The second kappa shape index (κ2) is 26.4. The van der Waals surface area contributed by atoms with Crippen LogP contribution in [0.1, 0.15) is 206 Å². The summed E-state index contributed by atoms with van der Waals surface area (Å²) in [6.07, 6.45) is 49.4. The van der Waals surface area contributed by atoms with E-state index < -0.39 is 0 Å². The summed E-state index contributed by atoms with van der Waals surface area (Å²) >= 11 is -0.346. The molecule has 6 aliphatic carbocycles. The molecule has 272 valence electrons. The van der Waals surface area contributed by atoms with Crippen LogP contribution < -0.4 is 0 Å². The minimum absolute atomic E-state index is 0.0465. The Morgan fingerprint density at radius 3 is 0.652 bits per heavy atom. The van der Waals surface area contributed by atoms with Gasteiger partial charge in [-0.3, -0.25) is 0 Å². The fourth-order valence-electron chi connectivity index (χ4n) is 10.6. The summed E-state index contributed by atoms with van der Waals surface area (Å²) in [5.41, 5.74) is 8.63. The van der Waals surface area contributed by atoms with Gasteiger partial charge < -0.3 is 0 Å². The fraction of sp³-hybridized carbons (Fsp3) is 0.927. The zero-order valence-electron chi connectivity index (χ0n) is 30.6. The van der Waals surface area contributed by atoms with Crippen molar-refractivity contribution in [2.45, 2.75) is 240 Å². The van der Waals surface area contributed by atoms with Crippen LogP contribution >= 0.6 is 35.2 Å². The molecular weight excluding hydrogens is 726 g/mol. The molecule has 0 bridgehead atoms. The fourth-order valence-corrected chi connectivity index (χ4v) is 21.1. The van der Waals surface area contributed by atoms with E-state index in [1.165, 1.54) is 39.5 Å². The predicted molar refractivity (Wildman–Crippen MR) is 214 cm³/mol. The number of rotatable bonds is 6. The van der Waals surface area contributed by atoms with E-state index in [0.29, 0.717) is 0 Å². The summed E-state index contributed by atoms with van der Waals surface area (Å²) < 4.78 is 0. The number of allylic oxidation sites excluding steroid dienone is 2. The van der Waals surface area contributed by atoms with E-state index in [2.05, 4.69) is 6.92 Å². The van der Waals surface area contributed by atoms with Gasteiger partial charge in [0.15, 0.2) is 0 Å². The Balaban J connectivity index is 0.000000204. The number of halogens is 2. The Bertz CT molecular complexity index is 598. The van der Waals surface area contributed by atoms with Crippen LogP contribution in [0.4, 0.5) is 0 Å². The summed E-state index contributed by atoms with van der Waals surface area (Å²) in [7, 11) is 9.61. The number of hydrogen-bond acceptors (Lipinski definition) is 0. The van der Waals surface area contributed by atoms with Crippen molar-refractivity contribution in [1.82, 2.24) is 0 Å². The van der Waals surface area contributed by atoms with Crippen LogP contribution in [-0.2, 0) is 15.1 Å². The van der Waals surface area contributed by atoms with Crippen molar-refractivity contribution in [2.24, 2.45) is 0 Å². The van der Waals surface area contributed by atoms with Crippen molar-refractivity contribution < 1.29 is 15.1 Å². The van der Waals surface area contributed by atoms with Crippen molar-refractivity contribution in [3.63, 3.8) is 0 Å². The second-order valence-electron chi connectivity index (χ2n) is 16.3. The number of hydrogen-bond donors (Lipinski definition) is 0. The van der Waals surface area contributed by atoms with E-state index in [0.717, 1.165) is 0 Å². The predicted octanol–water partition coefficient (Wildman–Crippen LogP) is 15.6. The molecule has 5 heteroatoms. The van der Waals surface area contributed by atoms with Crippen LogP contribution in [0, 0.1) is 6.92 Å². The Hall–Kier alpha value is 1.67. The zero-order chi connectivity index (χ0) is 32.8. The van der Waals surface area contributed by atoms with Gasteiger partial charge in [-0.1, -0.05) is 38.5 Å². The van der Waals surface area contributed by atoms with Crippen molar-refractivity contribution in [3.8, 4) is 0 Å². The molecular formula is C41H77Cl2P2Ru+. The third-order valence-corrected chi connectivity index (χ3v) is 22.0. The molecule has 0 aliphatic heterocycles. The molecule has 6 rings (SSSR count). The Kier molecular flexibility index (Phi) is 24.2. The normalized spacial score (nSPS) is 25.1. The standard InChI is InChI=1S/2C18H33P.C5H9.2ClH.Ru/c2*1-4-10-16(11-5-1)19(17-12-6-2-7-13-17)18-14-8-3-9-15-18;1-4-5(2)3;;;/h2*16-18H,1-15H2;4H,1H2,2-3H3;2*1H;/q;;-1;;;+2. The van der Waals surface area contributed by atoms with Gasteiger partial charge in [-0.15, -0.1) is 13.8 Å². The molecule has 0 atom stereocenters. The van der Waals surface area contributed by atoms with Gasteiger partial charge >= 0.3 is 34.5 Å². The molecule has 0 nitrogen and oxygen atoms in total. The van der Waals surface area contributed by atoms with Gasteiger partial charge in [-0.25, -0.2) is 18.6 Å². The Labute approximate surface area is 307 Å². The van der Waals surface area contributed by atoms with Crippen LogP contribution in [0.5, 0.6) is 0 Å². The average Bonchev–Trinajstić information content (AvgIpc) is 3.12. The van der Waals surface area contributed by atoms with Crippen LogP contribution in [0.3, 0.4) is 0 Å². The van der Waals surface area contributed by atoms with Crippen LogP contribution in [0.15, 0.2) is 11.6 Å². The average molecular weight is 804 g/mol. The van der Waals surface area contributed by atoms with Gasteiger partial charge in [-0.2, -0.15) is 0 Å². The quantitative estimate of drug-likeness (QED) is 0.143. The summed E-state index contributed by atoms with van der Waals surface area (Å²) in [6.45, 7) is 7.56. The van der Waals surface area contributed by atoms with Crippen LogP contribution in [-0.4, -0.2) is 34.0 Å². The van der Waals surface area contributed by atoms with Crippen LogP contribution in [0.2, 0.25) is 0 Å². The molecule has 0 aromatic heterocycles. The first-order valence-electron chi connectivity index (χ1n) is 20.6. The van der Waals surface area contributed by atoms with Gasteiger partial charge in [-0.05, 0) is 154 Å². The van der Waals surface area contributed by atoms with Crippen molar-refractivity contribution in [3.05, 3.63) is 18.6 Å². The molecule has 0 N–H and O–H groups in total. The Morgan fingerprint density at radius 1 is 0.413 bits per heavy atom. The van der Waals surface area contributed by atoms with Crippen molar-refractivity contribution in [1.29, 1.82) is 0 Å². The first-order valence-corrected chi connectivity index (χ1v) is 28.5. The molecule has 6 fully saturated rings. The molecule has 0 aromatic carbocycles.